The Hall–Kier alpha value is -1.55. The monoisotopic (exact) mass is 334 g/mol. The van der Waals surface area contributed by atoms with Gasteiger partial charge < -0.3 is 14.5 Å². The van der Waals surface area contributed by atoms with E-state index in [1.165, 1.54) is 38.8 Å². The van der Waals surface area contributed by atoms with E-state index in [0.29, 0.717) is 5.56 Å². The summed E-state index contributed by atoms with van der Waals surface area (Å²) in [6, 6.07) is 7.41. The molecule has 0 unspecified atom stereocenters. The second-order valence-corrected chi connectivity index (χ2v) is 6.47. The van der Waals surface area contributed by atoms with Gasteiger partial charge in [-0.3, -0.25) is 4.79 Å². The first-order chi connectivity index (χ1) is 11.6. The maximum Gasteiger partial charge on any atom is 0.253 e. The third kappa shape index (κ3) is 7.82. The Morgan fingerprint density at radius 2 is 1.46 bits per heavy atom. The van der Waals surface area contributed by atoms with Crippen LogP contribution < -0.4 is 4.74 Å². The van der Waals surface area contributed by atoms with E-state index in [9.17, 15) is 4.79 Å². The highest BCUT2D eigenvalue weighted by molar-refractivity contribution is 5.93. The summed E-state index contributed by atoms with van der Waals surface area (Å²) in [5, 5.41) is 0. The third-order valence-corrected chi connectivity index (χ3v) is 4.05. The van der Waals surface area contributed by atoms with Gasteiger partial charge in [-0.25, -0.2) is 0 Å². The number of ether oxygens (including phenoxy) is 1. The van der Waals surface area contributed by atoms with Crippen LogP contribution in [0, 0.1) is 0 Å². The maximum atomic E-state index is 11.8. The minimum Gasteiger partial charge on any atom is -0.494 e. The molecule has 0 N–H and O–H groups in total. The fourth-order valence-electron chi connectivity index (χ4n) is 2.53. The van der Waals surface area contributed by atoms with E-state index in [0.717, 1.165) is 25.3 Å². The van der Waals surface area contributed by atoms with E-state index in [2.05, 4.69) is 18.7 Å². The topological polar surface area (TPSA) is 32.8 Å². The van der Waals surface area contributed by atoms with Gasteiger partial charge in [-0.2, -0.15) is 0 Å². The number of hydrogen-bond donors (Lipinski definition) is 0. The van der Waals surface area contributed by atoms with Gasteiger partial charge in [0.05, 0.1) is 6.61 Å². The maximum absolute atomic E-state index is 11.8. The Bertz CT molecular complexity index is 449. The average Bonchev–Trinajstić information content (AvgIpc) is 2.60. The number of amides is 1. The molecule has 24 heavy (non-hydrogen) atoms. The van der Waals surface area contributed by atoms with Crippen LogP contribution in [0.3, 0.4) is 0 Å². The Morgan fingerprint density at radius 1 is 0.917 bits per heavy atom. The van der Waals surface area contributed by atoms with Gasteiger partial charge in [0.1, 0.15) is 5.75 Å². The van der Waals surface area contributed by atoms with Crippen molar-refractivity contribution in [1.29, 1.82) is 0 Å². The molecule has 0 aliphatic rings. The molecule has 0 saturated heterocycles. The predicted octanol–water partition coefficient (Wildman–Crippen LogP) is 4.06. The third-order valence-electron chi connectivity index (χ3n) is 4.05. The molecule has 4 nitrogen and oxygen atoms in total. The molecule has 0 spiro atoms. The summed E-state index contributed by atoms with van der Waals surface area (Å²) in [5.74, 6) is 0.850. The molecule has 0 radical (unpaired) electrons. The van der Waals surface area contributed by atoms with Crippen molar-refractivity contribution in [1.82, 2.24) is 9.80 Å². The van der Waals surface area contributed by atoms with Gasteiger partial charge in [-0.15, -0.1) is 0 Å². The molecule has 0 heterocycles. The van der Waals surface area contributed by atoms with Crippen LogP contribution in [0.15, 0.2) is 24.3 Å². The van der Waals surface area contributed by atoms with Crippen LogP contribution in [-0.2, 0) is 0 Å². The lowest BCUT2D eigenvalue weighted by molar-refractivity contribution is 0.0827. The molecule has 0 aromatic heterocycles. The second-order valence-electron chi connectivity index (χ2n) is 6.47. The number of rotatable bonds is 12. The highest BCUT2D eigenvalue weighted by Gasteiger charge is 2.07. The van der Waals surface area contributed by atoms with Gasteiger partial charge in [0.2, 0.25) is 0 Å². The zero-order valence-electron chi connectivity index (χ0n) is 15.9. The van der Waals surface area contributed by atoms with Gasteiger partial charge >= 0.3 is 0 Å². The zero-order chi connectivity index (χ0) is 17.8. The lowest BCUT2D eigenvalue weighted by Crippen LogP contribution is -2.28. The van der Waals surface area contributed by atoms with Crippen LogP contribution in [0.2, 0.25) is 0 Å². The average molecular weight is 335 g/mol. The molecular formula is C20H34N2O2. The van der Waals surface area contributed by atoms with E-state index in [1.54, 1.807) is 19.0 Å². The zero-order valence-corrected chi connectivity index (χ0v) is 15.9. The van der Waals surface area contributed by atoms with Crippen molar-refractivity contribution in [3.63, 3.8) is 0 Å². The number of benzene rings is 1. The van der Waals surface area contributed by atoms with E-state index < -0.39 is 0 Å². The normalized spacial score (nSPS) is 10.9. The van der Waals surface area contributed by atoms with Crippen LogP contribution in [0.5, 0.6) is 5.75 Å². The lowest BCUT2D eigenvalue weighted by Gasteiger charge is -2.21. The summed E-state index contributed by atoms with van der Waals surface area (Å²) in [6.07, 6.45) is 6.07. The van der Waals surface area contributed by atoms with Crippen molar-refractivity contribution < 1.29 is 9.53 Å². The van der Waals surface area contributed by atoms with Crippen LogP contribution in [-0.4, -0.2) is 56.0 Å². The molecular weight excluding hydrogens is 300 g/mol. The predicted molar refractivity (Wildman–Crippen MR) is 101 cm³/mol. The highest BCUT2D eigenvalue weighted by atomic mass is 16.5. The van der Waals surface area contributed by atoms with Crippen molar-refractivity contribution in [2.75, 3.05) is 40.3 Å². The fraction of sp³-hybridized carbons (Fsp3) is 0.650. The van der Waals surface area contributed by atoms with Crippen molar-refractivity contribution in [2.24, 2.45) is 0 Å². The SMILES string of the molecule is CCCCN(CCCC)CCCOc1ccc(C(=O)N(C)C)cc1. The van der Waals surface area contributed by atoms with E-state index in [-0.39, 0.29) is 5.91 Å². The minimum absolute atomic E-state index is 0.0176. The minimum atomic E-state index is 0.0176. The number of hydrogen-bond acceptors (Lipinski definition) is 3. The molecule has 1 aromatic carbocycles. The van der Waals surface area contributed by atoms with Gasteiger partial charge in [0, 0.05) is 26.2 Å². The summed E-state index contributed by atoms with van der Waals surface area (Å²) < 4.78 is 5.81. The number of carbonyl (C=O) groups is 1. The first kappa shape index (κ1) is 20.5. The van der Waals surface area contributed by atoms with E-state index in [4.69, 9.17) is 4.74 Å². The molecule has 1 amide bonds. The Morgan fingerprint density at radius 3 is 1.96 bits per heavy atom. The number of nitrogens with zero attached hydrogens (tertiary/aromatic N) is 2. The molecule has 0 saturated carbocycles. The quantitative estimate of drug-likeness (QED) is 0.540. The van der Waals surface area contributed by atoms with Gasteiger partial charge in [-0.05, 0) is 56.6 Å². The molecule has 4 heteroatoms. The van der Waals surface area contributed by atoms with Crippen LogP contribution in [0.4, 0.5) is 0 Å². The molecule has 0 atom stereocenters. The van der Waals surface area contributed by atoms with Gasteiger partial charge in [0.25, 0.3) is 5.91 Å². The molecule has 0 bridgehead atoms. The standard InChI is InChI=1S/C20H34N2O2/c1-5-7-14-22(15-8-6-2)16-9-17-24-19-12-10-18(11-13-19)20(23)21(3)4/h10-13H,5-9,14-17H2,1-4H3. The highest BCUT2D eigenvalue weighted by Crippen LogP contribution is 2.13. The molecule has 1 aromatic rings. The molecule has 1 rings (SSSR count). The second kappa shape index (κ2) is 11.9. The Labute approximate surface area is 147 Å². The molecule has 136 valence electrons. The largest absolute Gasteiger partial charge is 0.494 e. The summed E-state index contributed by atoms with van der Waals surface area (Å²) in [4.78, 5) is 16.0. The number of carbonyl (C=O) groups excluding carboxylic acids is 1. The van der Waals surface area contributed by atoms with Crippen molar-refractivity contribution >= 4 is 5.91 Å². The van der Waals surface area contributed by atoms with Gasteiger partial charge in [0.15, 0.2) is 0 Å². The van der Waals surface area contributed by atoms with Crippen LogP contribution >= 0.6 is 0 Å². The summed E-state index contributed by atoms with van der Waals surface area (Å²) in [7, 11) is 3.52. The van der Waals surface area contributed by atoms with Gasteiger partial charge in [-0.1, -0.05) is 26.7 Å². The summed E-state index contributed by atoms with van der Waals surface area (Å²) in [5.41, 5.74) is 0.692. The van der Waals surface area contributed by atoms with Crippen LogP contribution in [0.1, 0.15) is 56.3 Å². The van der Waals surface area contributed by atoms with E-state index >= 15 is 0 Å². The van der Waals surface area contributed by atoms with Crippen molar-refractivity contribution in [3.8, 4) is 5.75 Å². The molecule has 0 aliphatic carbocycles. The smallest absolute Gasteiger partial charge is 0.253 e. The number of unbranched alkanes of at least 4 members (excludes halogenated alkanes) is 2. The molecule has 0 aliphatic heterocycles. The summed E-state index contributed by atoms with van der Waals surface area (Å²) in [6.45, 7) is 8.68. The van der Waals surface area contributed by atoms with Crippen molar-refractivity contribution in [2.45, 2.75) is 46.0 Å². The fourth-order valence-corrected chi connectivity index (χ4v) is 2.53. The summed E-state index contributed by atoms with van der Waals surface area (Å²) >= 11 is 0. The Kier molecular flexibility index (Phi) is 10.2. The lowest BCUT2D eigenvalue weighted by atomic mass is 10.2. The van der Waals surface area contributed by atoms with Crippen molar-refractivity contribution in [3.05, 3.63) is 29.8 Å². The Balaban J connectivity index is 2.33. The van der Waals surface area contributed by atoms with E-state index in [1.807, 2.05) is 24.3 Å². The molecule has 0 fully saturated rings. The first-order valence-corrected chi connectivity index (χ1v) is 9.25. The van der Waals surface area contributed by atoms with Crippen LogP contribution in [0.25, 0.3) is 0 Å². The first-order valence-electron chi connectivity index (χ1n) is 9.25.